The van der Waals surface area contributed by atoms with Gasteiger partial charge in [0.05, 0.1) is 0 Å². The van der Waals surface area contributed by atoms with Gasteiger partial charge in [0.1, 0.15) is 5.54 Å². The van der Waals surface area contributed by atoms with Crippen molar-refractivity contribution in [3.63, 3.8) is 0 Å². The van der Waals surface area contributed by atoms with Gasteiger partial charge in [-0.1, -0.05) is 13.8 Å². The van der Waals surface area contributed by atoms with Crippen LogP contribution in [0.15, 0.2) is 0 Å². The molecule has 1 aliphatic heterocycles. The fourth-order valence-electron chi connectivity index (χ4n) is 3.33. The van der Waals surface area contributed by atoms with Gasteiger partial charge in [0.25, 0.3) is 0 Å². The predicted molar refractivity (Wildman–Crippen MR) is 86.7 cm³/mol. The summed E-state index contributed by atoms with van der Waals surface area (Å²) in [6.45, 7) is 7.92. The number of piperidine rings is 1. The summed E-state index contributed by atoms with van der Waals surface area (Å²) in [6.07, 6.45) is 4.73. The molecule has 1 rings (SSSR count). The number of likely N-dealkylation sites (N-methyl/N-ethyl adjacent to an activating group) is 1. The summed E-state index contributed by atoms with van der Waals surface area (Å²) >= 11 is 0. The van der Waals surface area contributed by atoms with Crippen LogP contribution in [0.4, 0.5) is 0 Å². The molecule has 1 saturated heterocycles. The zero-order valence-electron chi connectivity index (χ0n) is 14.2. The number of carboxylic acid groups (broad SMARTS) is 1. The van der Waals surface area contributed by atoms with Crippen molar-refractivity contribution in [2.45, 2.75) is 57.5 Å². The van der Waals surface area contributed by atoms with E-state index in [1.165, 1.54) is 12.8 Å². The first-order chi connectivity index (χ1) is 9.95. The molecule has 0 aromatic rings. The maximum Gasteiger partial charge on any atom is 0.323 e. The molecule has 0 aromatic carbocycles. The van der Waals surface area contributed by atoms with Crippen molar-refractivity contribution in [2.75, 3.05) is 40.3 Å². The molecule has 5 heteroatoms. The number of nitrogens with zero attached hydrogens (tertiary/aromatic N) is 2. The number of hydrogen-bond acceptors (Lipinski definition) is 4. The highest BCUT2D eigenvalue weighted by atomic mass is 16.4. The van der Waals surface area contributed by atoms with Crippen molar-refractivity contribution in [3.05, 3.63) is 0 Å². The van der Waals surface area contributed by atoms with Gasteiger partial charge in [-0.25, -0.2) is 0 Å². The summed E-state index contributed by atoms with van der Waals surface area (Å²) in [5.41, 5.74) is -0.739. The van der Waals surface area contributed by atoms with Crippen LogP contribution >= 0.6 is 0 Å². The summed E-state index contributed by atoms with van der Waals surface area (Å²) in [5.74, 6) is -0.710. The molecule has 21 heavy (non-hydrogen) atoms. The van der Waals surface area contributed by atoms with Crippen LogP contribution in [-0.4, -0.2) is 72.7 Å². The average molecular weight is 299 g/mol. The average Bonchev–Trinajstić information content (AvgIpc) is 2.46. The van der Waals surface area contributed by atoms with Gasteiger partial charge in [-0.3, -0.25) is 4.79 Å². The SMILES string of the molecule is CCNC(CC)(CCCN1CCC(N(C)C)CC1)C(=O)O. The van der Waals surface area contributed by atoms with E-state index in [0.29, 0.717) is 25.4 Å². The Labute approximate surface area is 129 Å². The molecule has 0 bridgehead atoms. The molecule has 1 aliphatic rings. The first-order valence-electron chi connectivity index (χ1n) is 8.32. The van der Waals surface area contributed by atoms with Crippen LogP contribution in [0.1, 0.15) is 46.0 Å². The lowest BCUT2D eigenvalue weighted by molar-refractivity contribution is -0.145. The molecule has 1 atom stereocenters. The topological polar surface area (TPSA) is 55.8 Å². The van der Waals surface area contributed by atoms with Crippen LogP contribution in [0.2, 0.25) is 0 Å². The van der Waals surface area contributed by atoms with E-state index in [4.69, 9.17) is 0 Å². The third-order valence-corrected chi connectivity index (χ3v) is 4.89. The maximum absolute atomic E-state index is 11.6. The summed E-state index contributed by atoms with van der Waals surface area (Å²) in [4.78, 5) is 16.4. The van der Waals surface area contributed by atoms with Crippen molar-refractivity contribution >= 4 is 5.97 Å². The Kier molecular flexibility index (Phi) is 7.63. The zero-order chi connectivity index (χ0) is 15.9. The third kappa shape index (κ3) is 5.24. The van der Waals surface area contributed by atoms with Crippen molar-refractivity contribution in [1.29, 1.82) is 0 Å². The molecule has 2 N–H and O–H groups in total. The lowest BCUT2D eigenvalue weighted by atomic mass is 9.90. The third-order valence-electron chi connectivity index (χ3n) is 4.89. The lowest BCUT2D eigenvalue weighted by Crippen LogP contribution is -2.52. The lowest BCUT2D eigenvalue weighted by Gasteiger charge is -2.36. The van der Waals surface area contributed by atoms with E-state index in [0.717, 1.165) is 26.1 Å². The number of hydrogen-bond donors (Lipinski definition) is 2. The zero-order valence-corrected chi connectivity index (χ0v) is 14.2. The minimum Gasteiger partial charge on any atom is -0.480 e. The standard InChI is InChI=1S/C16H33N3O2/c1-5-16(15(20)21,17-6-2)10-7-11-19-12-8-14(9-13-19)18(3)4/h14,17H,5-13H2,1-4H3,(H,20,21). The molecule has 0 aliphatic carbocycles. The van der Waals surface area contributed by atoms with Crippen molar-refractivity contribution in [2.24, 2.45) is 0 Å². The van der Waals surface area contributed by atoms with Gasteiger partial charge in [-0.2, -0.15) is 0 Å². The Morgan fingerprint density at radius 2 is 1.95 bits per heavy atom. The highest BCUT2D eigenvalue weighted by Crippen LogP contribution is 2.20. The molecule has 1 unspecified atom stereocenters. The van der Waals surface area contributed by atoms with Crippen molar-refractivity contribution < 1.29 is 9.90 Å². The predicted octanol–water partition coefficient (Wildman–Crippen LogP) is 1.64. The molecular formula is C16H33N3O2. The molecule has 1 heterocycles. The molecule has 5 nitrogen and oxygen atoms in total. The largest absolute Gasteiger partial charge is 0.480 e. The highest BCUT2D eigenvalue weighted by molar-refractivity contribution is 5.78. The van der Waals surface area contributed by atoms with Gasteiger partial charge in [0.15, 0.2) is 0 Å². The highest BCUT2D eigenvalue weighted by Gasteiger charge is 2.35. The van der Waals surface area contributed by atoms with Gasteiger partial charge in [-0.05, 0) is 72.4 Å². The van der Waals surface area contributed by atoms with Crippen LogP contribution in [-0.2, 0) is 4.79 Å². The van der Waals surface area contributed by atoms with Gasteiger partial charge in [-0.15, -0.1) is 0 Å². The second kappa shape index (κ2) is 8.71. The monoisotopic (exact) mass is 299 g/mol. The van der Waals surface area contributed by atoms with Crippen LogP contribution in [0.3, 0.4) is 0 Å². The molecule has 1 fully saturated rings. The molecule has 0 radical (unpaired) electrons. The number of nitrogens with one attached hydrogen (secondary N) is 1. The van der Waals surface area contributed by atoms with Crippen LogP contribution in [0.5, 0.6) is 0 Å². The molecule has 0 spiro atoms. The van der Waals surface area contributed by atoms with Gasteiger partial charge in [0.2, 0.25) is 0 Å². The maximum atomic E-state index is 11.6. The first kappa shape index (κ1) is 18.4. The Morgan fingerprint density at radius 1 is 1.33 bits per heavy atom. The normalized spacial score (nSPS) is 20.6. The van der Waals surface area contributed by atoms with E-state index in [1.54, 1.807) is 0 Å². The van der Waals surface area contributed by atoms with E-state index in [2.05, 4.69) is 29.2 Å². The number of rotatable bonds is 9. The molecule has 0 aromatic heterocycles. The number of carboxylic acids is 1. The Morgan fingerprint density at radius 3 is 2.38 bits per heavy atom. The Balaban J connectivity index is 2.37. The van der Waals surface area contributed by atoms with Crippen molar-refractivity contribution in [3.8, 4) is 0 Å². The van der Waals surface area contributed by atoms with Crippen LogP contribution in [0, 0.1) is 0 Å². The molecule has 0 saturated carbocycles. The molecular weight excluding hydrogens is 266 g/mol. The Hall–Kier alpha value is -0.650. The van der Waals surface area contributed by atoms with Crippen molar-refractivity contribution in [1.82, 2.24) is 15.1 Å². The number of aliphatic carboxylic acids is 1. The van der Waals surface area contributed by atoms with Gasteiger partial charge in [0, 0.05) is 6.04 Å². The smallest absolute Gasteiger partial charge is 0.323 e. The van der Waals surface area contributed by atoms with Crippen LogP contribution < -0.4 is 5.32 Å². The van der Waals surface area contributed by atoms with E-state index in [-0.39, 0.29) is 0 Å². The van der Waals surface area contributed by atoms with Gasteiger partial charge < -0.3 is 20.2 Å². The second-order valence-electron chi connectivity index (χ2n) is 6.41. The fraction of sp³-hybridized carbons (Fsp3) is 0.938. The minimum absolute atomic E-state index is 0.638. The molecule has 0 amide bonds. The van der Waals surface area contributed by atoms with E-state index < -0.39 is 11.5 Å². The molecule has 124 valence electrons. The van der Waals surface area contributed by atoms with Gasteiger partial charge >= 0.3 is 5.97 Å². The fourth-order valence-corrected chi connectivity index (χ4v) is 3.33. The number of likely N-dealkylation sites (tertiary alicyclic amines) is 1. The van der Waals surface area contributed by atoms with E-state index in [1.807, 2.05) is 13.8 Å². The first-order valence-corrected chi connectivity index (χ1v) is 8.32. The Bertz CT molecular complexity index is 315. The summed E-state index contributed by atoms with van der Waals surface area (Å²) in [5, 5.41) is 12.7. The van der Waals surface area contributed by atoms with Crippen LogP contribution in [0.25, 0.3) is 0 Å². The second-order valence-corrected chi connectivity index (χ2v) is 6.41. The summed E-state index contributed by atoms with van der Waals surface area (Å²) in [6, 6.07) is 0.705. The van der Waals surface area contributed by atoms with E-state index in [9.17, 15) is 9.90 Å². The number of carbonyl (C=O) groups is 1. The summed E-state index contributed by atoms with van der Waals surface area (Å²) in [7, 11) is 4.30. The van der Waals surface area contributed by atoms with E-state index >= 15 is 0 Å². The summed E-state index contributed by atoms with van der Waals surface area (Å²) < 4.78 is 0. The minimum atomic E-state index is -0.739. The quantitative estimate of drug-likeness (QED) is 0.678.